The molecule has 1 rings (SSSR count). The number of hydrogen-bond acceptors (Lipinski definition) is 3. The van der Waals surface area contributed by atoms with Gasteiger partial charge in [0.25, 0.3) is 5.91 Å². The number of rotatable bonds is 3. The number of nitrogens with one attached hydrogen (secondary N) is 1. The molecule has 5 heteroatoms. The number of nitrogen functional groups attached to an aromatic ring is 1. The number of nitrogens with zero attached hydrogens (tertiary/aromatic N) is 2. The Bertz CT molecular complexity index is 439. The summed E-state index contributed by atoms with van der Waals surface area (Å²) >= 11 is 0. The molecule has 3 N–H and O–H groups in total. The largest absolute Gasteiger partial charge is 0.396 e. The standard InChI is InChI=1S/C11H16N4O/c1-5-11(3,4)14-10(16)9-8(12)7-13-15(9)6-2/h1,7H,6,12H2,2-4H3,(H,14,16). The summed E-state index contributed by atoms with van der Waals surface area (Å²) in [5.74, 6) is 2.18. The van der Waals surface area contributed by atoms with Crippen LogP contribution in [-0.2, 0) is 6.54 Å². The molecule has 5 nitrogen and oxygen atoms in total. The average Bonchev–Trinajstić information content (AvgIpc) is 2.59. The fraction of sp³-hybridized carbons (Fsp3) is 0.455. The Labute approximate surface area is 95.0 Å². The van der Waals surface area contributed by atoms with Gasteiger partial charge in [-0.05, 0) is 20.8 Å². The molecule has 0 aliphatic heterocycles. The Morgan fingerprint density at radius 3 is 2.88 bits per heavy atom. The predicted molar refractivity (Wildman–Crippen MR) is 62.7 cm³/mol. The Balaban J connectivity index is 2.98. The third-order valence-electron chi connectivity index (χ3n) is 2.17. The van der Waals surface area contributed by atoms with Gasteiger partial charge in [0, 0.05) is 6.54 Å². The average molecular weight is 220 g/mol. The maximum absolute atomic E-state index is 11.9. The van der Waals surface area contributed by atoms with Gasteiger partial charge in [-0.15, -0.1) is 6.42 Å². The summed E-state index contributed by atoms with van der Waals surface area (Å²) in [7, 11) is 0. The van der Waals surface area contributed by atoms with Crippen molar-refractivity contribution < 1.29 is 4.79 Å². The molecular weight excluding hydrogens is 204 g/mol. The molecule has 0 bridgehead atoms. The fourth-order valence-electron chi connectivity index (χ4n) is 1.27. The van der Waals surface area contributed by atoms with Gasteiger partial charge in [0.2, 0.25) is 0 Å². The lowest BCUT2D eigenvalue weighted by Gasteiger charge is -2.19. The van der Waals surface area contributed by atoms with Crippen LogP contribution in [0.2, 0.25) is 0 Å². The van der Waals surface area contributed by atoms with Gasteiger partial charge in [-0.1, -0.05) is 5.92 Å². The number of carbonyl (C=O) groups is 1. The van der Waals surface area contributed by atoms with E-state index in [-0.39, 0.29) is 5.91 Å². The van der Waals surface area contributed by atoms with Crippen LogP contribution >= 0.6 is 0 Å². The van der Waals surface area contributed by atoms with Crippen LogP contribution in [-0.4, -0.2) is 21.2 Å². The van der Waals surface area contributed by atoms with E-state index in [1.54, 1.807) is 13.8 Å². The van der Waals surface area contributed by atoms with Crippen molar-refractivity contribution in [3.63, 3.8) is 0 Å². The monoisotopic (exact) mass is 220 g/mol. The number of carbonyl (C=O) groups excluding carboxylic acids is 1. The summed E-state index contributed by atoms with van der Waals surface area (Å²) in [6, 6.07) is 0. The van der Waals surface area contributed by atoms with E-state index in [1.807, 2.05) is 6.92 Å². The molecule has 0 unspecified atom stereocenters. The molecular formula is C11H16N4O. The highest BCUT2D eigenvalue weighted by molar-refractivity contribution is 5.97. The molecule has 0 saturated carbocycles. The van der Waals surface area contributed by atoms with Crippen LogP contribution in [0.4, 0.5) is 5.69 Å². The molecule has 0 aromatic carbocycles. The number of amides is 1. The molecule has 0 aliphatic carbocycles. The zero-order valence-corrected chi connectivity index (χ0v) is 9.74. The number of hydrogen-bond donors (Lipinski definition) is 2. The van der Waals surface area contributed by atoms with Crippen molar-refractivity contribution in [3.05, 3.63) is 11.9 Å². The van der Waals surface area contributed by atoms with Gasteiger partial charge < -0.3 is 11.1 Å². The van der Waals surface area contributed by atoms with Gasteiger partial charge in [0.15, 0.2) is 0 Å². The first-order valence-corrected chi connectivity index (χ1v) is 5.03. The summed E-state index contributed by atoms with van der Waals surface area (Å²) < 4.78 is 1.54. The van der Waals surface area contributed by atoms with Crippen molar-refractivity contribution in [1.82, 2.24) is 15.1 Å². The van der Waals surface area contributed by atoms with Gasteiger partial charge in [-0.3, -0.25) is 9.48 Å². The summed E-state index contributed by atoms with van der Waals surface area (Å²) in [4.78, 5) is 11.9. The number of aromatic nitrogens is 2. The highest BCUT2D eigenvalue weighted by atomic mass is 16.2. The van der Waals surface area contributed by atoms with Gasteiger partial charge in [-0.2, -0.15) is 5.10 Å². The SMILES string of the molecule is C#CC(C)(C)NC(=O)c1c(N)cnn1CC. The lowest BCUT2D eigenvalue weighted by Crippen LogP contribution is -2.43. The zero-order valence-electron chi connectivity index (χ0n) is 9.74. The van der Waals surface area contributed by atoms with Gasteiger partial charge in [-0.25, -0.2) is 0 Å². The lowest BCUT2D eigenvalue weighted by atomic mass is 10.1. The van der Waals surface area contributed by atoms with E-state index in [4.69, 9.17) is 12.2 Å². The summed E-state index contributed by atoms with van der Waals surface area (Å²) in [6.07, 6.45) is 6.76. The van der Waals surface area contributed by atoms with Crippen molar-refractivity contribution in [1.29, 1.82) is 0 Å². The van der Waals surface area contributed by atoms with Gasteiger partial charge >= 0.3 is 0 Å². The Morgan fingerprint density at radius 2 is 2.38 bits per heavy atom. The summed E-state index contributed by atoms with van der Waals surface area (Å²) in [5, 5.41) is 6.70. The van der Waals surface area contributed by atoms with Crippen LogP contribution in [0.15, 0.2) is 6.20 Å². The Hall–Kier alpha value is -1.96. The van der Waals surface area contributed by atoms with Crippen LogP contribution < -0.4 is 11.1 Å². The maximum Gasteiger partial charge on any atom is 0.272 e. The van der Waals surface area contributed by atoms with Gasteiger partial charge in [0.1, 0.15) is 5.69 Å². The van der Waals surface area contributed by atoms with E-state index in [9.17, 15) is 4.79 Å². The number of anilines is 1. The molecule has 0 spiro atoms. The third kappa shape index (κ3) is 2.34. The molecule has 1 aromatic heterocycles. The van der Waals surface area contributed by atoms with Crippen LogP contribution in [0.5, 0.6) is 0 Å². The quantitative estimate of drug-likeness (QED) is 0.734. The van der Waals surface area contributed by atoms with Crippen molar-refractivity contribution in [3.8, 4) is 12.3 Å². The smallest absolute Gasteiger partial charge is 0.272 e. The summed E-state index contributed by atoms with van der Waals surface area (Å²) in [5.41, 5.74) is 5.69. The van der Waals surface area contributed by atoms with E-state index in [1.165, 1.54) is 10.9 Å². The number of aryl methyl sites for hydroxylation is 1. The Kier molecular flexibility index (Phi) is 3.23. The maximum atomic E-state index is 11.9. The minimum Gasteiger partial charge on any atom is -0.396 e. The van der Waals surface area contributed by atoms with E-state index in [2.05, 4.69) is 16.3 Å². The second kappa shape index (κ2) is 4.27. The van der Waals surface area contributed by atoms with Gasteiger partial charge in [0.05, 0.1) is 17.4 Å². The summed E-state index contributed by atoms with van der Waals surface area (Å²) in [6.45, 7) is 5.95. The van der Waals surface area contributed by atoms with Crippen LogP contribution in [0.3, 0.4) is 0 Å². The first-order valence-electron chi connectivity index (χ1n) is 5.03. The van der Waals surface area contributed by atoms with E-state index in [0.29, 0.717) is 17.9 Å². The molecule has 16 heavy (non-hydrogen) atoms. The molecule has 0 saturated heterocycles. The van der Waals surface area contributed by atoms with Crippen LogP contribution in [0.1, 0.15) is 31.3 Å². The topological polar surface area (TPSA) is 72.9 Å². The van der Waals surface area contributed by atoms with Crippen molar-refractivity contribution in [2.75, 3.05) is 5.73 Å². The number of terminal acetylenes is 1. The van der Waals surface area contributed by atoms with Crippen LogP contribution in [0.25, 0.3) is 0 Å². The molecule has 1 heterocycles. The van der Waals surface area contributed by atoms with Crippen LogP contribution in [0, 0.1) is 12.3 Å². The predicted octanol–water partition coefficient (Wildman–Crippen LogP) is 0.627. The fourth-order valence-corrected chi connectivity index (χ4v) is 1.27. The molecule has 86 valence electrons. The second-order valence-corrected chi connectivity index (χ2v) is 3.99. The zero-order chi connectivity index (χ0) is 12.3. The van der Waals surface area contributed by atoms with E-state index < -0.39 is 5.54 Å². The van der Waals surface area contributed by atoms with E-state index >= 15 is 0 Å². The Morgan fingerprint density at radius 1 is 1.75 bits per heavy atom. The van der Waals surface area contributed by atoms with Crippen molar-refractivity contribution >= 4 is 11.6 Å². The second-order valence-electron chi connectivity index (χ2n) is 3.99. The first kappa shape index (κ1) is 12.1. The number of nitrogens with two attached hydrogens (primary N) is 1. The minimum atomic E-state index is -0.702. The molecule has 1 aromatic rings. The highest BCUT2D eigenvalue weighted by Crippen LogP contribution is 2.12. The van der Waals surface area contributed by atoms with Crippen molar-refractivity contribution in [2.45, 2.75) is 32.9 Å². The molecule has 0 fully saturated rings. The molecule has 0 aliphatic rings. The first-order chi connectivity index (χ1) is 7.41. The normalized spacial score (nSPS) is 10.9. The van der Waals surface area contributed by atoms with E-state index in [0.717, 1.165) is 0 Å². The highest BCUT2D eigenvalue weighted by Gasteiger charge is 2.22. The minimum absolute atomic E-state index is 0.306. The molecule has 1 amide bonds. The third-order valence-corrected chi connectivity index (χ3v) is 2.17. The molecule has 0 atom stereocenters. The lowest BCUT2D eigenvalue weighted by molar-refractivity contribution is 0.0920. The van der Waals surface area contributed by atoms with Crippen molar-refractivity contribution in [2.24, 2.45) is 0 Å². The molecule has 0 radical (unpaired) electrons.